The van der Waals surface area contributed by atoms with Crippen molar-refractivity contribution in [2.45, 2.75) is 19.3 Å². The Bertz CT molecular complexity index is 498. The first-order valence-electron chi connectivity index (χ1n) is 7.00. The standard InChI is InChI=1S/C15H21N3O2/c1-18(15(20)11-7-8-11)13-6-3-2-5-12(13)14(19)17-10-4-9-16/h2-3,5-6,11H,4,7-10,16H2,1H3,(H,17,19). The van der Waals surface area contributed by atoms with Crippen molar-refractivity contribution in [2.24, 2.45) is 11.7 Å². The third kappa shape index (κ3) is 3.36. The van der Waals surface area contributed by atoms with E-state index in [9.17, 15) is 9.59 Å². The number of nitrogens with zero attached hydrogens (tertiary/aromatic N) is 1. The summed E-state index contributed by atoms with van der Waals surface area (Å²) >= 11 is 0. The van der Waals surface area contributed by atoms with Crippen LogP contribution in [0.1, 0.15) is 29.6 Å². The van der Waals surface area contributed by atoms with Crippen LogP contribution >= 0.6 is 0 Å². The van der Waals surface area contributed by atoms with Crippen LogP contribution < -0.4 is 16.0 Å². The van der Waals surface area contributed by atoms with Crippen LogP contribution in [0.25, 0.3) is 0 Å². The third-order valence-corrected chi connectivity index (χ3v) is 3.43. The molecule has 0 radical (unpaired) electrons. The number of nitrogens with two attached hydrogens (primary N) is 1. The van der Waals surface area contributed by atoms with Gasteiger partial charge in [0.2, 0.25) is 5.91 Å². The fourth-order valence-corrected chi connectivity index (χ4v) is 2.08. The highest BCUT2D eigenvalue weighted by Gasteiger charge is 2.33. The van der Waals surface area contributed by atoms with E-state index in [-0.39, 0.29) is 17.7 Å². The number of nitrogens with one attached hydrogen (secondary N) is 1. The third-order valence-electron chi connectivity index (χ3n) is 3.43. The van der Waals surface area contributed by atoms with Crippen molar-refractivity contribution in [1.82, 2.24) is 5.32 Å². The lowest BCUT2D eigenvalue weighted by molar-refractivity contribution is -0.119. The average Bonchev–Trinajstić information content (AvgIpc) is 3.30. The van der Waals surface area contributed by atoms with Crippen LogP contribution in [0.15, 0.2) is 24.3 Å². The van der Waals surface area contributed by atoms with Crippen molar-refractivity contribution in [3.63, 3.8) is 0 Å². The van der Waals surface area contributed by atoms with Crippen LogP contribution in [-0.4, -0.2) is 32.0 Å². The quantitative estimate of drug-likeness (QED) is 0.764. The van der Waals surface area contributed by atoms with Gasteiger partial charge in [-0.2, -0.15) is 0 Å². The Morgan fingerprint density at radius 1 is 1.35 bits per heavy atom. The van der Waals surface area contributed by atoms with Gasteiger partial charge >= 0.3 is 0 Å². The number of hydrogen-bond acceptors (Lipinski definition) is 3. The van der Waals surface area contributed by atoms with E-state index in [2.05, 4.69) is 5.32 Å². The Hall–Kier alpha value is -1.88. The van der Waals surface area contributed by atoms with Crippen LogP contribution in [0.4, 0.5) is 5.69 Å². The molecule has 20 heavy (non-hydrogen) atoms. The van der Waals surface area contributed by atoms with E-state index < -0.39 is 0 Å². The molecule has 1 aliphatic rings. The highest BCUT2D eigenvalue weighted by atomic mass is 16.2. The highest BCUT2D eigenvalue weighted by molar-refractivity contribution is 6.05. The molecule has 0 saturated heterocycles. The molecule has 5 nitrogen and oxygen atoms in total. The second-order valence-electron chi connectivity index (χ2n) is 5.09. The first-order chi connectivity index (χ1) is 9.65. The topological polar surface area (TPSA) is 75.4 Å². The first-order valence-corrected chi connectivity index (χ1v) is 7.00. The minimum absolute atomic E-state index is 0.0900. The van der Waals surface area contributed by atoms with Crippen molar-refractivity contribution in [1.29, 1.82) is 0 Å². The molecule has 0 aliphatic heterocycles. The second kappa shape index (κ2) is 6.52. The van der Waals surface area contributed by atoms with Crippen molar-refractivity contribution in [3.8, 4) is 0 Å². The summed E-state index contributed by atoms with van der Waals surface area (Å²) in [7, 11) is 1.73. The molecule has 3 N–H and O–H groups in total. The summed E-state index contributed by atoms with van der Waals surface area (Å²) in [5.41, 5.74) is 6.60. The minimum atomic E-state index is -0.163. The van der Waals surface area contributed by atoms with E-state index in [4.69, 9.17) is 5.73 Å². The van der Waals surface area contributed by atoms with Gasteiger partial charge in [0.15, 0.2) is 0 Å². The van der Waals surface area contributed by atoms with E-state index >= 15 is 0 Å². The van der Waals surface area contributed by atoms with Crippen LogP contribution in [0.3, 0.4) is 0 Å². The lowest BCUT2D eigenvalue weighted by Gasteiger charge is -2.20. The van der Waals surface area contributed by atoms with Crippen LogP contribution in [0.5, 0.6) is 0 Å². The zero-order valence-corrected chi connectivity index (χ0v) is 11.8. The average molecular weight is 275 g/mol. The maximum absolute atomic E-state index is 12.2. The van der Waals surface area contributed by atoms with E-state index in [1.807, 2.05) is 6.07 Å². The fraction of sp³-hybridized carbons (Fsp3) is 0.467. The summed E-state index contributed by atoms with van der Waals surface area (Å²) in [6.07, 6.45) is 2.65. The zero-order valence-electron chi connectivity index (χ0n) is 11.8. The van der Waals surface area contributed by atoms with Gasteiger partial charge in [-0.15, -0.1) is 0 Å². The maximum Gasteiger partial charge on any atom is 0.253 e. The molecule has 1 aromatic carbocycles. The molecule has 0 spiro atoms. The number of amides is 2. The molecule has 0 atom stereocenters. The summed E-state index contributed by atoms with van der Waals surface area (Å²) in [6, 6.07) is 7.18. The molecule has 1 fully saturated rings. The highest BCUT2D eigenvalue weighted by Crippen LogP contribution is 2.33. The number of benzene rings is 1. The van der Waals surface area contributed by atoms with E-state index in [1.165, 1.54) is 0 Å². The molecular formula is C15H21N3O2. The van der Waals surface area contributed by atoms with Gasteiger partial charge in [-0.1, -0.05) is 12.1 Å². The van der Waals surface area contributed by atoms with Gasteiger partial charge in [-0.3, -0.25) is 9.59 Å². The van der Waals surface area contributed by atoms with E-state index in [0.717, 1.165) is 19.3 Å². The van der Waals surface area contributed by atoms with Crippen molar-refractivity contribution < 1.29 is 9.59 Å². The first kappa shape index (κ1) is 14.5. The number of anilines is 1. The Morgan fingerprint density at radius 3 is 2.70 bits per heavy atom. The molecule has 1 saturated carbocycles. The van der Waals surface area contributed by atoms with Crippen LogP contribution in [0, 0.1) is 5.92 Å². The molecule has 2 rings (SSSR count). The Morgan fingerprint density at radius 2 is 2.05 bits per heavy atom. The minimum Gasteiger partial charge on any atom is -0.352 e. The number of hydrogen-bond donors (Lipinski definition) is 2. The molecule has 1 aliphatic carbocycles. The summed E-state index contributed by atoms with van der Waals surface area (Å²) in [5, 5.41) is 2.82. The predicted octanol–water partition coefficient (Wildman–Crippen LogP) is 1.14. The summed E-state index contributed by atoms with van der Waals surface area (Å²) < 4.78 is 0. The van der Waals surface area contributed by atoms with Crippen LogP contribution in [-0.2, 0) is 4.79 Å². The summed E-state index contributed by atoms with van der Waals surface area (Å²) in [5.74, 6) is 0.0602. The fourth-order valence-electron chi connectivity index (χ4n) is 2.08. The van der Waals surface area contributed by atoms with Gasteiger partial charge in [0.25, 0.3) is 5.91 Å². The monoisotopic (exact) mass is 275 g/mol. The molecule has 0 bridgehead atoms. The molecule has 108 valence electrons. The van der Waals surface area contributed by atoms with Gasteiger partial charge < -0.3 is 16.0 Å². The number of carbonyl (C=O) groups is 2. The Labute approximate surface area is 119 Å². The SMILES string of the molecule is CN(C(=O)C1CC1)c1ccccc1C(=O)NCCCN. The normalized spacial score (nSPS) is 13.9. The number of carbonyl (C=O) groups excluding carboxylic acids is 2. The van der Waals surface area contributed by atoms with Gasteiger partial charge in [0, 0.05) is 19.5 Å². The van der Waals surface area contributed by atoms with Crippen molar-refractivity contribution in [3.05, 3.63) is 29.8 Å². The number of para-hydroxylation sites is 1. The lowest BCUT2D eigenvalue weighted by Crippen LogP contribution is -2.32. The molecule has 1 aromatic rings. The molecule has 0 aromatic heterocycles. The van der Waals surface area contributed by atoms with Gasteiger partial charge in [-0.05, 0) is 37.9 Å². The summed E-state index contributed by atoms with van der Waals surface area (Å²) in [6.45, 7) is 1.09. The lowest BCUT2D eigenvalue weighted by atomic mass is 10.1. The molecule has 2 amide bonds. The van der Waals surface area contributed by atoms with Gasteiger partial charge in [-0.25, -0.2) is 0 Å². The van der Waals surface area contributed by atoms with Crippen molar-refractivity contribution in [2.75, 3.05) is 25.0 Å². The van der Waals surface area contributed by atoms with Gasteiger partial charge in [0.1, 0.15) is 0 Å². The van der Waals surface area contributed by atoms with E-state index in [1.54, 1.807) is 30.1 Å². The Kier molecular flexibility index (Phi) is 4.74. The number of rotatable bonds is 6. The molecule has 0 heterocycles. The van der Waals surface area contributed by atoms with Crippen LogP contribution in [0.2, 0.25) is 0 Å². The largest absolute Gasteiger partial charge is 0.352 e. The summed E-state index contributed by atoms with van der Waals surface area (Å²) in [4.78, 5) is 25.9. The van der Waals surface area contributed by atoms with Crippen molar-refractivity contribution >= 4 is 17.5 Å². The smallest absolute Gasteiger partial charge is 0.253 e. The molecular weight excluding hydrogens is 254 g/mol. The second-order valence-corrected chi connectivity index (χ2v) is 5.09. The Balaban J connectivity index is 2.12. The van der Waals surface area contributed by atoms with Gasteiger partial charge in [0.05, 0.1) is 11.3 Å². The zero-order chi connectivity index (χ0) is 14.5. The maximum atomic E-state index is 12.2. The predicted molar refractivity (Wildman–Crippen MR) is 78.6 cm³/mol. The molecule has 5 heteroatoms. The van der Waals surface area contributed by atoms with E-state index in [0.29, 0.717) is 24.3 Å². The molecule has 0 unspecified atom stereocenters.